The van der Waals surface area contributed by atoms with Gasteiger partial charge in [0, 0.05) is 24.6 Å². The Kier molecular flexibility index (Phi) is 10.6. The third-order valence-electron chi connectivity index (χ3n) is 7.29. The summed E-state index contributed by atoms with van der Waals surface area (Å²) in [5.41, 5.74) is 10.4. The molecule has 1 amide bonds. The van der Waals surface area contributed by atoms with Gasteiger partial charge in [-0.25, -0.2) is 0 Å². The fourth-order valence-electron chi connectivity index (χ4n) is 5.28. The van der Waals surface area contributed by atoms with E-state index in [-0.39, 0.29) is 11.9 Å². The lowest BCUT2D eigenvalue weighted by molar-refractivity contribution is -0.134. The maximum Gasteiger partial charge on any atom is 0.222 e. The van der Waals surface area contributed by atoms with E-state index < -0.39 is 0 Å². The predicted molar refractivity (Wildman–Crippen MR) is 153 cm³/mol. The Morgan fingerprint density at radius 2 is 1.58 bits per heavy atom. The molecule has 0 radical (unpaired) electrons. The summed E-state index contributed by atoms with van der Waals surface area (Å²) in [5.74, 6) is 1.90. The molecule has 0 heterocycles. The zero-order valence-electron chi connectivity index (χ0n) is 22.7. The second-order valence-corrected chi connectivity index (χ2v) is 10.2. The minimum atomic E-state index is 0.225. The van der Waals surface area contributed by atoms with Crippen LogP contribution in [0.15, 0.2) is 72.8 Å². The Bertz CT molecular complexity index is 1130. The molecule has 0 fully saturated rings. The van der Waals surface area contributed by atoms with Crippen molar-refractivity contribution >= 4 is 5.91 Å². The van der Waals surface area contributed by atoms with Gasteiger partial charge in [-0.2, -0.15) is 0 Å². The molecule has 38 heavy (non-hydrogen) atoms. The second-order valence-electron chi connectivity index (χ2n) is 10.2. The first kappa shape index (κ1) is 27.7. The average Bonchev–Trinajstić information content (AvgIpc) is 2.96. The van der Waals surface area contributed by atoms with E-state index in [1.165, 1.54) is 11.1 Å². The summed E-state index contributed by atoms with van der Waals surface area (Å²) in [6, 6.07) is 24.9. The maximum atomic E-state index is 13.2. The standard InChI is InChI=1S/C33H42N2O3/c1-2-22-35(32(36)16-10-5-11-21-34)29-18-19-30-28(23-29)17-20-31(37-24-26-12-6-3-7-13-26)33(30)38-25-27-14-8-4-9-15-27/h3-4,6-9,12-15,17,20,29H,2,5,10-11,16,18-19,21-25,34H2,1H3. The van der Waals surface area contributed by atoms with Crippen LogP contribution in [-0.2, 0) is 30.8 Å². The van der Waals surface area contributed by atoms with E-state index in [0.29, 0.717) is 26.2 Å². The lowest BCUT2D eigenvalue weighted by Gasteiger charge is -2.36. The average molecular weight is 515 g/mol. The number of rotatable bonds is 14. The van der Waals surface area contributed by atoms with E-state index in [4.69, 9.17) is 15.2 Å². The summed E-state index contributed by atoms with van der Waals surface area (Å²) in [6.07, 6.45) is 7.15. The monoisotopic (exact) mass is 514 g/mol. The Balaban J connectivity index is 1.52. The van der Waals surface area contributed by atoms with Gasteiger partial charge in [-0.3, -0.25) is 4.79 Å². The number of fused-ring (bicyclic) bond motifs is 1. The van der Waals surface area contributed by atoms with Crippen LogP contribution in [0.4, 0.5) is 0 Å². The molecule has 1 aliphatic rings. The van der Waals surface area contributed by atoms with Gasteiger partial charge < -0.3 is 20.1 Å². The molecule has 4 rings (SSSR count). The highest BCUT2D eigenvalue weighted by molar-refractivity contribution is 5.76. The molecule has 1 aliphatic carbocycles. The van der Waals surface area contributed by atoms with Gasteiger partial charge in [-0.15, -0.1) is 0 Å². The van der Waals surface area contributed by atoms with Gasteiger partial charge in [-0.1, -0.05) is 80.1 Å². The summed E-state index contributed by atoms with van der Waals surface area (Å²) >= 11 is 0. The van der Waals surface area contributed by atoms with Gasteiger partial charge in [0.1, 0.15) is 13.2 Å². The molecule has 2 N–H and O–H groups in total. The quantitative estimate of drug-likeness (QED) is 0.251. The van der Waals surface area contributed by atoms with Crippen molar-refractivity contribution in [3.63, 3.8) is 0 Å². The number of carbonyl (C=O) groups excluding carboxylic acids is 1. The van der Waals surface area contributed by atoms with E-state index in [1.807, 2.05) is 42.5 Å². The number of amides is 1. The lowest BCUT2D eigenvalue weighted by atomic mass is 9.86. The predicted octanol–water partition coefficient (Wildman–Crippen LogP) is 6.46. The zero-order valence-corrected chi connectivity index (χ0v) is 22.7. The van der Waals surface area contributed by atoms with E-state index >= 15 is 0 Å². The molecule has 1 unspecified atom stereocenters. The highest BCUT2D eigenvalue weighted by Crippen LogP contribution is 2.39. The van der Waals surface area contributed by atoms with Gasteiger partial charge in [0.15, 0.2) is 11.5 Å². The molecule has 0 saturated carbocycles. The molecule has 3 aromatic rings. The van der Waals surface area contributed by atoms with Crippen molar-refractivity contribution < 1.29 is 14.3 Å². The van der Waals surface area contributed by atoms with E-state index in [2.05, 4.69) is 42.2 Å². The van der Waals surface area contributed by atoms with Crippen LogP contribution in [0.5, 0.6) is 11.5 Å². The van der Waals surface area contributed by atoms with Gasteiger partial charge in [0.05, 0.1) is 0 Å². The third kappa shape index (κ3) is 7.61. The molecule has 0 bridgehead atoms. The van der Waals surface area contributed by atoms with Crippen LogP contribution in [0.1, 0.15) is 67.7 Å². The van der Waals surface area contributed by atoms with Crippen LogP contribution >= 0.6 is 0 Å². The van der Waals surface area contributed by atoms with Crippen molar-refractivity contribution in [3.05, 3.63) is 95.1 Å². The Labute approximate surface area is 228 Å². The van der Waals surface area contributed by atoms with Crippen LogP contribution in [0.2, 0.25) is 0 Å². The Hall–Kier alpha value is -3.31. The minimum absolute atomic E-state index is 0.225. The summed E-state index contributed by atoms with van der Waals surface area (Å²) in [5, 5.41) is 0. The molecule has 0 saturated heterocycles. The van der Waals surface area contributed by atoms with E-state index in [9.17, 15) is 4.79 Å². The van der Waals surface area contributed by atoms with Crippen molar-refractivity contribution in [1.82, 2.24) is 4.90 Å². The molecule has 0 spiro atoms. The molecular weight excluding hydrogens is 472 g/mol. The van der Waals surface area contributed by atoms with Crippen LogP contribution in [-0.4, -0.2) is 29.9 Å². The molecular formula is C33H42N2O3. The first-order valence-electron chi connectivity index (χ1n) is 14.2. The maximum absolute atomic E-state index is 13.2. The number of carbonyl (C=O) groups is 1. The fourth-order valence-corrected chi connectivity index (χ4v) is 5.28. The Morgan fingerprint density at radius 3 is 2.24 bits per heavy atom. The van der Waals surface area contributed by atoms with Gasteiger partial charge >= 0.3 is 0 Å². The van der Waals surface area contributed by atoms with Gasteiger partial charge in [-0.05, 0) is 67.8 Å². The van der Waals surface area contributed by atoms with Crippen molar-refractivity contribution in [2.75, 3.05) is 13.1 Å². The summed E-state index contributed by atoms with van der Waals surface area (Å²) in [6.45, 7) is 4.64. The number of nitrogens with zero attached hydrogens (tertiary/aromatic N) is 1. The molecule has 0 aromatic heterocycles. The Morgan fingerprint density at radius 1 is 0.895 bits per heavy atom. The molecule has 3 aromatic carbocycles. The lowest BCUT2D eigenvalue weighted by Crippen LogP contribution is -2.43. The SMILES string of the molecule is CCCN(C(=O)CCCCCN)C1CCc2c(ccc(OCc3ccccc3)c2OCc2ccccc2)C1. The molecule has 202 valence electrons. The van der Waals surface area contributed by atoms with Crippen LogP contribution in [0, 0.1) is 0 Å². The van der Waals surface area contributed by atoms with Crippen LogP contribution in [0.3, 0.4) is 0 Å². The van der Waals surface area contributed by atoms with E-state index in [1.54, 1.807) is 0 Å². The smallest absolute Gasteiger partial charge is 0.222 e. The topological polar surface area (TPSA) is 64.8 Å². The van der Waals surface area contributed by atoms with Crippen molar-refractivity contribution in [2.45, 2.75) is 77.5 Å². The molecule has 0 aliphatic heterocycles. The summed E-state index contributed by atoms with van der Waals surface area (Å²) in [4.78, 5) is 15.3. The third-order valence-corrected chi connectivity index (χ3v) is 7.29. The molecule has 5 nitrogen and oxygen atoms in total. The zero-order chi connectivity index (χ0) is 26.6. The number of hydrogen-bond donors (Lipinski definition) is 1. The number of hydrogen-bond acceptors (Lipinski definition) is 4. The number of ether oxygens (including phenoxy) is 2. The summed E-state index contributed by atoms with van der Waals surface area (Å²) < 4.78 is 12.8. The highest BCUT2D eigenvalue weighted by atomic mass is 16.5. The second kappa shape index (κ2) is 14.6. The first-order valence-corrected chi connectivity index (χ1v) is 14.2. The van der Waals surface area contributed by atoms with Crippen LogP contribution in [0.25, 0.3) is 0 Å². The molecule has 1 atom stereocenters. The fraction of sp³-hybridized carbons (Fsp3) is 0.424. The number of unbranched alkanes of at least 4 members (excludes halogenated alkanes) is 2. The number of benzene rings is 3. The van der Waals surface area contributed by atoms with Crippen LogP contribution < -0.4 is 15.2 Å². The first-order chi connectivity index (χ1) is 18.7. The van der Waals surface area contributed by atoms with Gasteiger partial charge in [0.25, 0.3) is 0 Å². The summed E-state index contributed by atoms with van der Waals surface area (Å²) in [7, 11) is 0. The van der Waals surface area contributed by atoms with Gasteiger partial charge in [0.2, 0.25) is 5.91 Å². The normalized spacial score (nSPS) is 14.5. The minimum Gasteiger partial charge on any atom is -0.485 e. The number of nitrogens with two attached hydrogens (primary N) is 1. The highest BCUT2D eigenvalue weighted by Gasteiger charge is 2.29. The van der Waals surface area contributed by atoms with Crippen molar-refractivity contribution in [1.29, 1.82) is 0 Å². The van der Waals surface area contributed by atoms with Crippen molar-refractivity contribution in [3.8, 4) is 11.5 Å². The van der Waals surface area contributed by atoms with Crippen molar-refractivity contribution in [2.24, 2.45) is 5.73 Å². The largest absolute Gasteiger partial charge is 0.485 e. The molecule has 5 heteroatoms. The van der Waals surface area contributed by atoms with E-state index in [0.717, 1.165) is 74.1 Å².